The van der Waals surface area contributed by atoms with E-state index in [1.54, 1.807) is 39.8 Å². The van der Waals surface area contributed by atoms with E-state index in [1.807, 2.05) is 19.1 Å². The van der Waals surface area contributed by atoms with E-state index in [4.69, 9.17) is 11.6 Å². The van der Waals surface area contributed by atoms with Crippen LogP contribution >= 0.6 is 11.6 Å². The summed E-state index contributed by atoms with van der Waals surface area (Å²) < 4.78 is 66.3. The van der Waals surface area contributed by atoms with Crippen LogP contribution in [-0.2, 0) is 32.3 Å². The Morgan fingerprint density at radius 3 is 2.21 bits per heavy atom. The van der Waals surface area contributed by atoms with Gasteiger partial charge in [0.15, 0.2) is 0 Å². The second kappa shape index (κ2) is 11.9. The number of nitrogens with one attached hydrogen (secondary N) is 1. The van der Waals surface area contributed by atoms with E-state index in [0.717, 1.165) is 24.0 Å². The fourth-order valence-corrected chi connectivity index (χ4v) is 4.95. The van der Waals surface area contributed by atoms with Crippen LogP contribution in [0, 0.1) is 6.92 Å². The molecule has 2 rings (SSSR count). The van der Waals surface area contributed by atoms with Crippen molar-refractivity contribution in [3.63, 3.8) is 0 Å². The third kappa shape index (κ3) is 8.62. The Bertz CT molecular complexity index is 1280. The summed E-state index contributed by atoms with van der Waals surface area (Å²) in [5.74, 6) is -1.19. The zero-order chi connectivity index (χ0) is 29.1. The fraction of sp³-hybridized carbons (Fsp3) is 0.462. The standard InChI is InChI=1S/C26H33ClF3N3O4S/c1-7-22(24(35)31-25(3,4)5)32(15-18-10-8-9-17(2)13-18)23(34)16-33(38(6,36)37)19-11-12-21(27)20(14-19)26(28,29)30/h8-14,22H,7,15-16H2,1-6H3,(H,31,35). The van der Waals surface area contributed by atoms with Crippen molar-refractivity contribution in [3.8, 4) is 0 Å². The first kappa shape index (κ1) is 31.4. The number of alkyl halides is 3. The minimum atomic E-state index is -4.84. The van der Waals surface area contributed by atoms with Crippen molar-refractivity contribution in [2.24, 2.45) is 0 Å². The van der Waals surface area contributed by atoms with Gasteiger partial charge in [-0.05, 0) is 57.9 Å². The molecule has 0 saturated carbocycles. The summed E-state index contributed by atoms with van der Waals surface area (Å²) in [6, 6.07) is 8.91. The number of sulfonamides is 1. The van der Waals surface area contributed by atoms with Gasteiger partial charge in [0.25, 0.3) is 0 Å². The molecular formula is C26H33ClF3N3O4S. The van der Waals surface area contributed by atoms with Gasteiger partial charge < -0.3 is 10.2 Å². The highest BCUT2D eigenvalue weighted by Gasteiger charge is 2.36. The molecular weight excluding hydrogens is 543 g/mol. The van der Waals surface area contributed by atoms with E-state index in [9.17, 15) is 31.2 Å². The largest absolute Gasteiger partial charge is 0.417 e. The van der Waals surface area contributed by atoms with Crippen molar-refractivity contribution in [3.05, 3.63) is 64.2 Å². The zero-order valence-corrected chi connectivity index (χ0v) is 23.8. The molecule has 0 bridgehead atoms. The van der Waals surface area contributed by atoms with Crippen LogP contribution in [0.15, 0.2) is 42.5 Å². The molecule has 0 aliphatic rings. The molecule has 1 atom stereocenters. The molecule has 2 amide bonds. The SMILES string of the molecule is CCC(C(=O)NC(C)(C)C)N(Cc1cccc(C)c1)C(=O)CN(c1ccc(Cl)c(C(F)(F)F)c1)S(C)(=O)=O. The second-order valence-electron chi connectivity index (χ2n) is 10.1. The Balaban J connectivity index is 2.55. The van der Waals surface area contributed by atoms with Crippen LogP contribution in [0.25, 0.3) is 0 Å². The van der Waals surface area contributed by atoms with Gasteiger partial charge >= 0.3 is 6.18 Å². The Kier molecular flexibility index (Phi) is 9.88. The summed E-state index contributed by atoms with van der Waals surface area (Å²) in [5.41, 5.74) is -0.581. The predicted octanol–water partition coefficient (Wildman–Crippen LogP) is 5.16. The first-order valence-electron chi connectivity index (χ1n) is 11.8. The molecule has 12 heteroatoms. The molecule has 210 valence electrons. The summed E-state index contributed by atoms with van der Waals surface area (Å²) in [6.07, 6.45) is -3.83. The minimum Gasteiger partial charge on any atom is -0.350 e. The van der Waals surface area contributed by atoms with E-state index in [1.165, 1.54) is 4.90 Å². The van der Waals surface area contributed by atoms with Gasteiger partial charge in [0.1, 0.15) is 12.6 Å². The molecule has 0 aromatic heterocycles. The van der Waals surface area contributed by atoms with Gasteiger partial charge in [0.05, 0.1) is 22.5 Å². The van der Waals surface area contributed by atoms with Gasteiger partial charge in [-0.25, -0.2) is 8.42 Å². The van der Waals surface area contributed by atoms with Crippen molar-refractivity contribution in [2.75, 3.05) is 17.1 Å². The maximum atomic E-state index is 13.7. The quantitative estimate of drug-likeness (QED) is 0.448. The molecule has 1 N–H and O–H groups in total. The van der Waals surface area contributed by atoms with Gasteiger partial charge in [-0.3, -0.25) is 13.9 Å². The minimum absolute atomic E-state index is 0.0113. The highest BCUT2D eigenvalue weighted by Crippen LogP contribution is 2.37. The molecule has 2 aromatic carbocycles. The number of carbonyl (C=O) groups is 2. The molecule has 2 aromatic rings. The number of benzene rings is 2. The lowest BCUT2D eigenvalue weighted by Gasteiger charge is -2.34. The number of carbonyl (C=O) groups excluding carboxylic acids is 2. The molecule has 0 saturated heterocycles. The molecule has 0 aliphatic heterocycles. The van der Waals surface area contributed by atoms with Crippen LogP contribution in [0.2, 0.25) is 5.02 Å². The molecule has 0 radical (unpaired) electrons. The lowest BCUT2D eigenvalue weighted by Crippen LogP contribution is -2.55. The first-order chi connectivity index (χ1) is 17.3. The van der Waals surface area contributed by atoms with E-state index in [-0.39, 0.29) is 18.7 Å². The van der Waals surface area contributed by atoms with Crippen molar-refractivity contribution >= 4 is 39.1 Å². The van der Waals surface area contributed by atoms with Gasteiger partial charge in [0, 0.05) is 12.1 Å². The van der Waals surface area contributed by atoms with Crippen LogP contribution in [0.1, 0.15) is 50.8 Å². The Morgan fingerprint density at radius 1 is 1.08 bits per heavy atom. The molecule has 7 nitrogen and oxygen atoms in total. The van der Waals surface area contributed by atoms with Crippen LogP contribution in [0.4, 0.5) is 18.9 Å². The molecule has 0 fully saturated rings. The summed E-state index contributed by atoms with van der Waals surface area (Å²) in [6.45, 7) is 8.11. The van der Waals surface area contributed by atoms with Crippen molar-refractivity contribution < 1.29 is 31.2 Å². The van der Waals surface area contributed by atoms with Gasteiger partial charge in [-0.15, -0.1) is 0 Å². The predicted molar refractivity (Wildman–Crippen MR) is 142 cm³/mol. The molecule has 0 spiro atoms. The van der Waals surface area contributed by atoms with E-state index in [2.05, 4.69) is 5.32 Å². The van der Waals surface area contributed by atoms with Crippen molar-refractivity contribution in [1.82, 2.24) is 10.2 Å². The van der Waals surface area contributed by atoms with Gasteiger partial charge in [0.2, 0.25) is 21.8 Å². The van der Waals surface area contributed by atoms with Crippen molar-refractivity contribution in [1.29, 1.82) is 0 Å². The Hall–Kier alpha value is -2.79. The number of halogens is 4. The maximum absolute atomic E-state index is 13.7. The maximum Gasteiger partial charge on any atom is 0.417 e. The van der Waals surface area contributed by atoms with E-state index in [0.29, 0.717) is 15.9 Å². The third-order valence-electron chi connectivity index (χ3n) is 5.54. The normalized spacial score (nSPS) is 13.1. The fourth-order valence-electron chi connectivity index (χ4n) is 3.88. The van der Waals surface area contributed by atoms with Gasteiger partial charge in [-0.1, -0.05) is 48.4 Å². The summed E-state index contributed by atoms with van der Waals surface area (Å²) in [5, 5.41) is 2.24. The number of aryl methyl sites for hydroxylation is 1. The Morgan fingerprint density at radius 2 is 1.71 bits per heavy atom. The number of nitrogens with zero attached hydrogens (tertiary/aromatic N) is 2. The number of rotatable bonds is 9. The lowest BCUT2D eigenvalue weighted by atomic mass is 10.0. The third-order valence-corrected chi connectivity index (χ3v) is 7.01. The number of amides is 2. The highest BCUT2D eigenvalue weighted by atomic mass is 35.5. The number of hydrogen-bond acceptors (Lipinski definition) is 4. The zero-order valence-electron chi connectivity index (χ0n) is 22.2. The van der Waals surface area contributed by atoms with E-state index >= 15 is 0 Å². The lowest BCUT2D eigenvalue weighted by molar-refractivity contribution is -0.141. The molecule has 0 heterocycles. The topological polar surface area (TPSA) is 86.8 Å². The Labute approximate surface area is 227 Å². The first-order valence-corrected chi connectivity index (χ1v) is 14.1. The van der Waals surface area contributed by atoms with E-state index < -0.39 is 56.7 Å². The van der Waals surface area contributed by atoms with Crippen molar-refractivity contribution in [2.45, 2.75) is 65.3 Å². The highest BCUT2D eigenvalue weighted by molar-refractivity contribution is 7.92. The van der Waals surface area contributed by atoms with Crippen LogP contribution in [0.5, 0.6) is 0 Å². The van der Waals surface area contributed by atoms with Crippen LogP contribution in [0.3, 0.4) is 0 Å². The molecule has 1 unspecified atom stereocenters. The molecule has 0 aliphatic carbocycles. The van der Waals surface area contributed by atoms with Gasteiger partial charge in [-0.2, -0.15) is 13.2 Å². The monoisotopic (exact) mass is 575 g/mol. The number of anilines is 1. The average Bonchev–Trinajstić information content (AvgIpc) is 2.75. The average molecular weight is 576 g/mol. The van der Waals surface area contributed by atoms with Crippen LogP contribution < -0.4 is 9.62 Å². The second-order valence-corrected chi connectivity index (χ2v) is 12.4. The smallest absolute Gasteiger partial charge is 0.350 e. The summed E-state index contributed by atoms with van der Waals surface area (Å²) >= 11 is 5.70. The van der Waals surface area contributed by atoms with Crippen LogP contribution in [-0.4, -0.2) is 49.5 Å². The molecule has 38 heavy (non-hydrogen) atoms. The number of hydrogen-bond donors (Lipinski definition) is 1. The summed E-state index contributed by atoms with van der Waals surface area (Å²) in [4.78, 5) is 28.1. The summed E-state index contributed by atoms with van der Waals surface area (Å²) in [7, 11) is -4.21.